The smallest absolute Gasteiger partial charge is 0.244 e. The Morgan fingerprint density at radius 2 is 1.05 bits per heavy atom. The number of hydrogen-bond acceptors (Lipinski definition) is 0. The first-order valence-corrected chi connectivity index (χ1v) is 5.13. The molecule has 0 spiro atoms. The molecule has 21 heavy (non-hydrogen) atoms. The van der Waals surface area contributed by atoms with E-state index in [-0.39, 0.29) is 6.92 Å². The van der Waals surface area contributed by atoms with Crippen LogP contribution in [0.15, 0.2) is 0 Å². The van der Waals surface area contributed by atoms with Crippen molar-refractivity contribution in [3.05, 3.63) is 0 Å². The van der Waals surface area contributed by atoms with Gasteiger partial charge < -0.3 is 0 Å². The number of rotatable bonds is 4. The molecule has 0 aromatic heterocycles. The van der Waals surface area contributed by atoms with Crippen LogP contribution in [0.3, 0.4) is 0 Å². The van der Waals surface area contributed by atoms with Crippen LogP contribution in [0.4, 0.5) is 52.7 Å². The lowest BCUT2D eigenvalue weighted by atomic mass is 9.67. The van der Waals surface area contributed by atoms with Gasteiger partial charge in [-0.25, -0.2) is 13.2 Å². The second kappa shape index (κ2) is 5.41. The molecule has 1 unspecified atom stereocenters. The minimum Gasteiger partial charge on any atom is -0.244 e. The Morgan fingerprint density at radius 3 is 1.19 bits per heavy atom. The summed E-state index contributed by atoms with van der Waals surface area (Å²) in [5, 5.41) is 0. The summed E-state index contributed by atoms with van der Waals surface area (Å²) in [4.78, 5) is 0. The van der Waals surface area contributed by atoms with Crippen molar-refractivity contribution in [3.8, 4) is 0 Å². The zero-order valence-corrected chi connectivity index (χ0v) is 10.0. The van der Waals surface area contributed by atoms with Crippen molar-refractivity contribution in [2.75, 3.05) is 6.67 Å². The monoisotopic (exact) mass is 344 g/mol. The van der Waals surface area contributed by atoms with Crippen LogP contribution >= 0.6 is 0 Å². The zero-order valence-electron chi connectivity index (χ0n) is 10.0. The largest absolute Gasteiger partial charge is 0.401 e. The van der Waals surface area contributed by atoms with E-state index in [1.165, 1.54) is 0 Å². The van der Waals surface area contributed by atoms with E-state index >= 15 is 0 Å². The molecule has 0 amide bonds. The third kappa shape index (κ3) is 3.33. The summed E-state index contributed by atoms with van der Waals surface area (Å²) in [7, 11) is 0. The van der Waals surface area contributed by atoms with Gasteiger partial charge in [0.2, 0.25) is 0 Å². The van der Waals surface area contributed by atoms with Crippen molar-refractivity contribution in [3.63, 3.8) is 0 Å². The van der Waals surface area contributed by atoms with Gasteiger partial charge in [0.15, 0.2) is 18.0 Å². The predicted octanol–water partition coefficient (Wildman–Crippen LogP) is 5.29. The molecule has 0 aliphatic rings. The van der Waals surface area contributed by atoms with E-state index in [4.69, 9.17) is 0 Å². The fourth-order valence-electron chi connectivity index (χ4n) is 2.11. The number of alkyl halides is 12. The topological polar surface area (TPSA) is 0 Å². The fraction of sp³-hybridized carbons (Fsp3) is 1.00. The van der Waals surface area contributed by atoms with Gasteiger partial charge in [-0.1, -0.05) is 6.92 Å². The Balaban J connectivity index is 6.63. The Bertz CT molecular complexity index is 333. The molecule has 0 aromatic carbocycles. The zero-order chi connectivity index (χ0) is 17.5. The standard InChI is InChI=1S/C9H8F12/c1-2-5(9(19,20)21,6(11,12)3-10)4(7(13,14)15)8(16,17)18/h4H,2-3H2,1H3. The number of hydrogen-bond donors (Lipinski definition) is 0. The maximum Gasteiger partial charge on any atom is 0.401 e. The third-order valence-corrected chi connectivity index (χ3v) is 3.03. The maximum absolute atomic E-state index is 13.2. The van der Waals surface area contributed by atoms with Gasteiger partial charge in [0.1, 0.15) is 0 Å². The first-order chi connectivity index (χ1) is 8.99. The summed E-state index contributed by atoms with van der Waals surface area (Å²) in [5.41, 5.74) is -5.65. The van der Waals surface area contributed by atoms with Crippen molar-refractivity contribution in [1.82, 2.24) is 0 Å². The molecule has 128 valence electrons. The summed E-state index contributed by atoms with van der Waals surface area (Å²) in [6, 6.07) is 0. The molecule has 0 nitrogen and oxygen atoms in total. The first-order valence-electron chi connectivity index (χ1n) is 5.13. The van der Waals surface area contributed by atoms with Gasteiger partial charge >= 0.3 is 18.5 Å². The van der Waals surface area contributed by atoms with Crippen molar-refractivity contribution in [2.45, 2.75) is 37.8 Å². The van der Waals surface area contributed by atoms with Crippen molar-refractivity contribution in [2.24, 2.45) is 11.3 Å². The van der Waals surface area contributed by atoms with Gasteiger partial charge in [0, 0.05) is 0 Å². The van der Waals surface area contributed by atoms with Crippen LogP contribution in [-0.2, 0) is 0 Å². The molecular formula is C9H8F12. The average molecular weight is 344 g/mol. The molecule has 1 atom stereocenters. The van der Waals surface area contributed by atoms with Gasteiger partial charge in [-0.2, -0.15) is 39.5 Å². The molecule has 0 heterocycles. The minimum atomic E-state index is -6.69. The van der Waals surface area contributed by atoms with E-state index in [1.807, 2.05) is 0 Å². The van der Waals surface area contributed by atoms with Crippen LogP contribution in [-0.4, -0.2) is 31.1 Å². The average Bonchev–Trinajstić information content (AvgIpc) is 2.19. The van der Waals surface area contributed by atoms with Crippen LogP contribution in [0.5, 0.6) is 0 Å². The number of halogens is 12. The molecule has 0 saturated heterocycles. The van der Waals surface area contributed by atoms with E-state index < -0.39 is 48.9 Å². The molecule has 0 radical (unpaired) electrons. The van der Waals surface area contributed by atoms with E-state index in [2.05, 4.69) is 0 Å². The van der Waals surface area contributed by atoms with Crippen LogP contribution in [0.25, 0.3) is 0 Å². The minimum absolute atomic E-state index is 0.0571. The van der Waals surface area contributed by atoms with E-state index in [0.717, 1.165) is 0 Å². The molecule has 0 N–H and O–H groups in total. The second-order valence-electron chi connectivity index (χ2n) is 4.18. The van der Waals surface area contributed by atoms with Crippen LogP contribution in [0.1, 0.15) is 13.3 Å². The van der Waals surface area contributed by atoms with Crippen molar-refractivity contribution >= 4 is 0 Å². The summed E-state index contributed by atoms with van der Waals surface area (Å²) in [6.07, 6.45) is -22.3. The van der Waals surface area contributed by atoms with E-state index in [9.17, 15) is 52.7 Å². The molecule has 0 bridgehead atoms. The molecular weight excluding hydrogens is 336 g/mol. The maximum atomic E-state index is 13.2. The molecule has 0 fully saturated rings. The third-order valence-electron chi connectivity index (χ3n) is 3.03. The molecule has 0 aliphatic carbocycles. The highest BCUT2D eigenvalue weighted by molar-refractivity contribution is 5.06. The summed E-state index contributed by atoms with van der Waals surface area (Å²) in [6.45, 7) is -3.26. The SMILES string of the molecule is CCC(C(C(F)(F)F)C(F)(F)F)(C(F)(F)F)C(F)(F)CF. The highest BCUT2D eigenvalue weighted by Gasteiger charge is 2.82. The summed E-state index contributed by atoms with van der Waals surface area (Å²) < 4.78 is 151. The van der Waals surface area contributed by atoms with E-state index in [1.54, 1.807) is 0 Å². The van der Waals surface area contributed by atoms with E-state index in [0.29, 0.717) is 0 Å². The van der Waals surface area contributed by atoms with Gasteiger partial charge in [0.25, 0.3) is 5.92 Å². The molecule has 0 saturated carbocycles. The highest BCUT2D eigenvalue weighted by atomic mass is 19.4. The van der Waals surface area contributed by atoms with Gasteiger partial charge in [0.05, 0.1) is 0 Å². The highest BCUT2D eigenvalue weighted by Crippen LogP contribution is 2.64. The quantitative estimate of drug-likeness (QED) is 0.608. The molecule has 0 rings (SSSR count). The van der Waals surface area contributed by atoms with Crippen LogP contribution in [0.2, 0.25) is 0 Å². The fourth-order valence-corrected chi connectivity index (χ4v) is 2.11. The van der Waals surface area contributed by atoms with Gasteiger partial charge in [-0.15, -0.1) is 0 Å². The van der Waals surface area contributed by atoms with Crippen molar-refractivity contribution in [1.29, 1.82) is 0 Å². The first kappa shape index (κ1) is 20.2. The molecule has 0 aliphatic heterocycles. The van der Waals surface area contributed by atoms with Gasteiger partial charge in [-0.05, 0) is 6.42 Å². The lowest BCUT2D eigenvalue weighted by molar-refractivity contribution is -0.408. The summed E-state index contributed by atoms with van der Waals surface area (Å²) in [5.74, 6) is -11.4. The molecule has 12 heteroatoms. The summed E-state index contributed by atoms with van der Waals surface area (Å²) >= 11 is 0. The predicted molar refractivity (Wildman–Crippen MR) is 45.3 cm³/mol. The Hall–Kier alpha value is -0.840. The van der Waals surface area contributed by atoms with Crippen LogP contribution < -0.4 is 0 Å². The lowest BCUT2D eigenvalue weighted by Gasteiger charge is -2.46. The normalized spacial score (nSPS) is 18.0. The van der Waals surface area contributed by atoms with Crippen LogP contribution in [0, 0.1) is 11.3 Å². The Kier molecular flexibility index (Phi) is 5.20. The Morgan fingerprint density at radius 1 is 0.714 bits per heavy atom. The Labute approximate surface area is 110 Å². The van der Waals surface area contributed by atoms with Crippen molar-refractivity contribution < 1.29 is 52.7 Å². The van der Waals surface area contributed by atoms with Gasteiger partial charge in [-0.3, -0.25) is 0 Å². The second-order valence-corrected chi connectivity index (χ2v) is 4.18. The molecule has 0 aromatic rings. The lowest BCUT2D eigenvalue weighted by Crippen LogP contribution is -2.64.